The van der Waals surface area contributed by atoms with Crippen molar-refractivity contribution in [3.05, 3.63) is 37.8 Å². The smallest absolute Gasteiger partial charge is 0.252 e. The van der Waals surface area contributed by atoms with Gasteiger partial charge in [0, 0.05) is 16.9 Å². The number of H-pyrrole nitrogens is 1. The van der Waals surface area contributed by atoms with Crippen LogP contribution in [0.25, 0.3) is 0 Å². The van der Waals surface area contributed by atoms with E-state index in [1.165, 1.54) is 10.9 Å². The van der Waals surface area contributed by atoms with Gasteiger partial charge in [-0.3, -0.25) is 4.79 Å². The number of hydrogen-bond donors (Lipinski definition) is 2. The van der Waals surface area contributed by atoms with Crippen molar-refractivity contribution in [2.45, 2.75) is 45.6 Å². The zero-order chi connectivity index (χ0) is 14.3. The van der Waals surface area contributed by atoms with Gasteiger partial charge < -0.3 is 10.3 Å². The first-order valence-electron chi connectivity index (χ1n) is 6.84. The molecule has 0 amide bonds. The van der Waals surface area contributed by atoms with Gasteiger partial charge in [0.15, 0.2) is 0 Å². The number of aromatic nitrogens is 3. The average molecular weight is 290 g/mol. The molecule has 106 valence electrons. The van der Waals surface area contributed by atoms with Gasteiger partial charge in [0.05, 0.1) is 16.7 Å². The molecule has 20 heavy (non-hydrogen) atoms. The molecule has 0 saturated heterocycles. The van der Waals surface area contributed by atoms with E-state index in [-0.39, 0.29) is 11.6 Å². The van der Waals surface area contributed by atoms with Crippen LogP contribution in [-0.4, -0.2) is 15.0 Å². The van der Waals surface area contributed by atoms with E-state index in [0.717, 1.165) is 29.4 Å². The Morgan fingerprint density at radius 1 is 1.40 bits per heavy atom. The molecule has 0 spiro atoms. The third-order valence-electron chi connectivity index (χ3n) is 3.42. The van der Waals surface area contributed by atoms with E-state index in [1.54, 1.807) is 11.3 Å². The zero-order valence-corrected chi connectivity index (χ0v) is 12.7. The predicted octanol–water partition coefficient (Wildman–Crippen LogP) is 2.89. The molecule has 1 fully saturated rings. The van der Waals surface area contributed by atoms with E-state index in [2.05, 4.69) is 27.2 Å². The standard InChI is InChI=1S/C14H18N4OS/c1-7-13(20-9(3)15-7)8(2)16-11-6-12(19)18-14(17-11)10-4-5-10/h6,8,10H,4-5H2,1-3H3,(H2,16,17,18,19). The van der Waals surface area contributed by atoms with Gasteiger partial charge in [-0.25, -0.2) is 9.97 Å². The molecule has 1 unspecified atom stereocenters. The summed E-state index contributed by atoms with van der Waals surface area (Å²) < 4.78 is 0. The summed E-state index contributed by atoms with van der Waals surface area (Å²) in [7, 11) is 0. The highest BCUT2D eigenvalue weighted by molar-refractivity contribution is 7.11. The zero-order valence-electron chi connectivity index (χ0n) is 11.9. The van der Waals surface area contributed by atoms with Crippen LogP contribution in [0.3, 0.4) is 0 Å². The molecule has 1 saturated carbocycles. The minimum Gasteiger partial charge on any atom is -0.362 e. The van der Waals surface area contributed by atoms with Crippen LogP contribution in [-0.2, 0) is 0 Å². The van der Waals surface area contributed by atoms with Crippen molar-refractivity contribution < 1.29 is 0 Å². The van der Waals surface area contributed by atoms with Crippen molar-refractivity contribution in [1.82, 2.24) is 15.0 Å². The quantitative estimate of drug-likeness (QED) is 0.908. The Balaban J connectivity index is 1.83. The third-order valence-corrected chi connectivity index (χ3v) is 4.68. The average Bonchev–Trinajstić information content (AvgIpc) is 3.14. The molecule has 1 aliphatic rings. The minimum absolute atomic E-state index is 0.0891. The monoisotopic (exact) mass is 290 g/mol. The van der Waals surface area contributed by atoms with Crippen molar-refractivity contribution >= 4 is 17.2 Å². The minimum atomic E-state index is -0.0891. The fraction of sp³-hybridized carbons (Fsp3) is 0.500. The molecule has 3 rings (SSSR count). The highest BCUT2D eigenvalue weighted by Crippen LogP contribution is 2.38. The molecule has 1 aliphatic carbocycles. The van der Waals surface area contributed by atoms with Crippen LogP contribution in [0.4, 0.5) is 5.82 Å². The second-order valence-electron chi connectivity index (χ2n) is 5.34. The number of aryl methyl sites for hydroxylation is 2. The normalized spacial score (nSPS) is 16.1. The lowest BCUT2D eigenvalue weighted by Gasteiger charge is -2.14. The summed E-state index contributed by atoms with van der Waals surface area (Å²) in [6, 6.07) is 1.62. The van der Waals surface area contributed by atoms with Gasteiger partial charge in [-0.05, 0) is 33.6 Å². The number of nitrogens with zero attached hydrogens (tertiary/aromatic N) is 2. The molecule has 1 atom stereocenters. The number of rotatable bonds is 4. The topological polar surface area (TPSA) is 70.7 Å². The first-order valence-corrected chi connectivity index (χ1v) is 7.66. The molecule has 0 aliphatic heterocycles. The molecule has 5 nitrogen and oxygen atoms in total. The molecule has 0 radical (unpaired) electrons. The number of nitrogens with one attached hydrogen (secondary N) is 2. The van der Waals surface area contributed by atoms with Crippen LogP contribution >= 0.6 is 11.3 Å². The first-order chi connectivity index (χ1) is 9.52. The third kappa shape index (κ3) is 2.75. The van der Waals surface area contributed by atoms with Crippen LogP contribution in [0, 0.1) is 13.8 Å². The lowest BCUT2D eigenvalue weighted by atomic mass is 10.2. The maximum absolute atomic E-state index is 11.7. The summed E-state index contributed by atoms with van der Waals surface area (Å²) in [6.07, 6.45) is 2.24. The van der Waals surface area contributed by atoms with E-state index in [4.69, 9.17) is 0 Å². The predicted molar refractivity (Wildman–Crippen MR) is 80.5 cm³/mol. The van der Waals surface area contributed by atoms with E-state index >= 15 is 0 Å². The number of hydrogen-bond acceptors (Lipinski definition) is 5. The largest absolute Gasteiger partial charge is 0.362 e. The summed E-state index contributed by atoms with van der Waals surface area (Å²) in [5.41, 5.74) is 0.952. The first kappa shape index (κ1) is 13.3. The van der Waals surface area contributed by atoms with E-state index in [9.17, 15) is 4.79 Å². The van der Waals surface area contributed by atoms with Crippen molar-refractivity contribution in [2.24, 2.45) is 0 Å². The SMILES string of the molecule is Cc1nc(C)c(C(C)Nc2cc(=O)[nH]c(C3CC3)n2)s1. The molecule has 6 heteroatoms. The molecular formula is C14H18N4OS. The Morgan fingerprint density at radius 3 is 2.75 bits per heavy atom. The molecule has 2 aromatic heterocycles. The van der Waals surface area contributed by atoms with Gasteiger partial charge in [-0.15, -0.1) is 11.3 Å². The van der Waals surface area contributed by atoms with E-state index in [0.29, 0.717) is 11.7 Å². The number of thiazole rings is 1. The van der Waals surface area contributed by atoms with Crippen LogP contribution in [0.2, 0.25) is 0 Å². The summed E-state index contributed by atoms with van der Waals surface area (Å²) in [4.78, 5) is 24.7. The molecule has 2 aromatic rings. The van der Waals surface area contributed by atoms with Gasteiger partial charge in [0.2, 0.25) is 0 Å². The lowest BCUT2D eigenvalue weighted by molar-refractivity contribution is 0.852. The van der Waals surface area contributed by atoms with E-state index < -0.39 is 0 Å². The highest BCUT2D eigenvalue weighted by atomic mass is 32.1. The maximum atomic E-state index is 11.7. The maximum Gasteiger partial charge on any atom is 0.252 e. The Morgan fingerprint density at radius 2 is 2.15 bits per heavy atom. The van der Waals surface area contributed by atoms with Crippen molar-refractivity contribution in [2.75, 3.05) is 5.32 Å². The Bertz CT molecular complexity index is 687. The van der Waals surface area contributed by atoms with Crippen LogP contribution in [0.15, 0.2) is 10.9 Å². The lowest BCUT2D eigenvalue weighted by Crippen LogP contribution is -2.15. The number of anilines is 1. The molecular weight excluding hydrogens is 272 g/mol. The van der Waals surface area contributed by atoms with Crippen LogP contribution in [0.5, 0.6) is 0 Å². The van der Waals surface area contributed by atoms with Crippen LogP contribution < -0.4 is 10.9 Å². The van der Waals surface area contributed by atoms with E-state index in [1.807, 2.05) is 13.8 Å². The molecule has 0 aromatic carbocycles. The Kier molecular flexibility index (Phi) is 3.33. The summed E-state index contributed by atoms with van der Waals surface area (Å²) >= 11 is 1.68. The molecule has 2 heterocycles. The summed E-state index contributed by atoms with van der Waals surface area (Å²) in [6.45, 7) is 6.09. The van der Waals surface area contributed by atoms with Crippen molar-refractivity contribution in [1.29, 1.82) is 0 Å². The van der Waals surface area contributed by atoms with Crippen molar-refractivity contribution in [3.63, 3.8) is 0 Å². The highest BCUT2D eigenvalue weighted by Gasteiger charge is 2.26. The van der Waals surface area contributed by atoms with Gasteiger partial charge >= 0.3 is 0 Å². The van der Waals surface area contributed by atoms with Gasteiger partial charge in [-0.2, -0.15) is 0 Å². The molecule has 0 bridgehead atoms. The fourth-order valence-corrected chi connectivity index (χ4v) is 3.27. The second-order valence-corrected chi connectivity index (χ2v) is 6.57. The summed E-state index contributed by atoms with van der Waals surface area (Å²) in [5, 5.41) is 4.37. The Labute approximate surface area is 121 Å². The van der Waals surface area contributed by atoms with Gasteiger partial charge in [0.1, 0.15) is 11.6 Å². The second kappa shape index (κ2) is 5.01. The van der Waals surface area contributed by atoms with Gasteiger partial charge in [-0.1, -0.05) is 0 Å². The van der Waals surface area contributed by atoms with Crippen molar-refractivity contribution in [3.8, 4) is 0 Å². The number of aromatic amines is 1. The Hall–Kier alpha value is -1.69. The van der Waals surface area contributed by atoms with Crippen LogP contribution in [0.1, 0.15) is 53.1 Å². The van der Waals surface area contributed by atoms with Gasteiger partial charge in [0.25, 0.3) is 5.56 Å². The fourth-order valence-electron chi connectivity index (χ4n) is 2.34. The summed E-state index contributed by atoms with van der Waals surface area (Å²) in [5.74, 6) is 1.89. The molecule has 2 N–H and O–H groups in total.